The van der Waals surface area contributed by atoms with Crippen LogP contribution in [0.25, 0.3) is 0 Å². The molecule has 1 amide bonds. The fourth-order valence-electron chi connectivity index (χ4n) is 1.29. The van der Waals surface area contributed by atoms with Crippen molar-refractivity contribution in [3.05, 3.63) is 0 Å². The SMILES string of the molecule is CC(=O)NO[C@H]1CCO[C@@H](CO)[C@@H]1O. The summed E-state index contributed by atoms with van der Waals surface area (Å²) >= 11 is 0. The minimum Gasteiger partial charge on any atom is -0.394 e. The van der Waals surface area contributed by atoms with Crippen LogP contribution in [0.5, 0.6) is 0 Å². The van der Waals surface area contributed by atoms with Crippen LogP contribution in [0.1, 0.15) is 13.3 Å². The molecule has 0 aliphatic carbocycles. The number of hydrogen-bond acceptors (Lipinski definition) is 5. The summed E-state index contributed by atoms with van der Waals surface area (Å²) < 4.78 is 5.08. The molecule has 6 heteroatoms. The highest BCUT2D eigenvalue weighted by atomic mass is 16.7. The van der Waals surface area contributed by atoms with Gasteiger partial charge in [-0.15, -0.1) is 0 Å². The molecule has 0 aromatic carbocycles. The van der Waals surface area contributed by atoms with Crippen LogP contribution in [0.4, 0.5) is 0 Å². The summed E-state index contributed by atoms with van der Waals surface area (Å²) in [6, 6.07) is 0. The summed E-state index contributed by atoms with van der Waals surface area (Å²) in [5.74, 6) is -0.329. The van der Waals surface area contributed by atoms with Crippen LogP contribution in [0.15, 0.2) is 0 Å². The van der Waals surface area contributed by atoms with Crippen molar-refractivity contribution in [2.45, 2.75) is 31.7 Å². The minimum absolute atomic E-state index is 0.263. The number of hydroxylamine groups is 1. The van der Waals surface area contributed by atoms with E-state index in [0.717, 1.165) is 0 Å². The maximum absolute atomic E-state index is 10.5. The molecule has 1 heterocycles. The van der Waals surface area contributed by atoms with E-state index in [2.05, 4.69) is 5.48 Å². The molecule has 3 N–H and O–H groups in total. The van der Waals surface area contributed by atoms with Gasteiger partial charge in [0.25, 0.3) is 0 Å². The maximum atomic E-state index is 10.5. The fourth-order valence-corrected chi connectivity index (χ4v) is 1.29. The lowest BCUT2D eigenvalue weighted by Gasteiger charge is -2.32. The van der Waals surface area contributed by atoms with E-state index in [1.54, 1.807) is 0 Å². The molecular weight excluding hydrogens is 190 g/mol. The van der Waals surface area contributed by atoms with E-state index in [9.17, 15) is 9.90 Å². The minimum atomic E-state index is -0.916. The Labute approximate surface area is 81.8 Å². The van der Waals surface area contributed by atoms with Gasteiger partial charge in [0.15, 0.2) is 0 Å². The highest BCUT2D eigenvalue weighted by Crippen LogP contribution is 2.16. The summed E-state index contributed by atoms with van der Waals surface area (Å²) in [6.45, 7) is 1.45. The molecule has 1 rings (SSSR count). The van der Waals surface area contributed by atoms with Crippen molar-refractivity contribution in [1.29, 1.82) is 0 Å². The van der Waals surface area contributed by atoms with Gasteiger partial charge in [0.2, 0.25) is 5.91 Å². The van der Waals surface area contributed by atoms with Gasteiger partial charge in [-0.3, -0.25) is 9.63 Å². The average Bonchev–Trinajstić information content (AvgIpc) is 2.16. The van der Waals surface area contributed by atoms with Crippen LogP contribution in [-0.2, 0) is 14.4 Å². The second-order valence-electron chi connectivity index (χ2n) is 3.19. The van der Waals surface area contributed by atoms with Crippen molar-refractivity contribution in [3.63, 3.8) is 0 Å². The number of hydrogen-bond donors (Lipinski definition) is 3. The molecule has 0 bridgehead atoms. The molecular formula is C8H15NO5. The standard InChI is InChI=1S/C8H15NO5/c1-5(11)9-14-6-2-3-13-7(4-10)8(6)12/h6-8,10,12H,2-4H2,1H3,(H,9,11)/t6-,7-,8+/m0/s1. The molecule has 6 nitrogen and oxygen atoms in total. The van der Waals surface area contributed by atoms with E-state index < -0.39 is 18.3 Å². The first kappa shape index (κ1) is 11.4. The van der Waals surface area contributed by atoms with Crippen LogP contribution in [0.3, 0.4) is 0 Å². The van der Waals surface area contributed by atoms with Gasteiger partial charge >= 0.3 is 0 Å². The quantitative estimate of drug-likeness (QED) is 0.491. The molecule has 0 aromatic heterocycles. The second kappa shape index (κ2) is 5.26. The van der Waals surface area contributed by atoms with Crippen molar-refractivity contribution >= 4 is 5.91 Å². The van der Waals surface area contributed by atoms with Crippen LogP contribution < -0.4 is 5.48 Å². The Kier molecular flexibility index (Phi) is 4.27. The van der Waals surface area contributed by atoms with Crippen molar-refractivity contribution in [2.24, 2.45) is 0 Å². The summed E-state index contributed by atoms with van der Waals surface area (Å²) in [6.07, 6.45) is -1.59. The summed E-state index contributed by atoms with van der Waals surface area (Å²) in [7, 11) is 0. The summed E-state index contributed by atoms with van der Waals surface area (Å²) in [5.41, 5.74) is 2.15. The van der Waals surface area contributed by atoms with Crippen molar-refractivity contribution < 1.29 is 24.6 Å². The molecule has 14 heavy (non-hydrogen) atoms. The molecule has 1 saturated heterocycles. The first-order valence-electron chi connectivity index (χ1n) is 4.48. The molecule has 0 aromatic rings. The molecule has 1 fully saturated rings. The number of amides is 1. The van der Waals surface area contributed by atoms with E-state index in [4.69, 9.17) is 14.7 Å². The number of aliphatic hydroxyl groups excluding tert-OH is 2. The Morgan fingerprint density at radius 3 is 3.00 bits per heavy atom. The highest BCUT2D eigenvalue weighted by Gasteiger charge is 2.33. The fraction of sp³-hybridized carbons (Fsp3) is 0.875. The van der Waals surface area contributed by atoms with E-state index in [1.165, 1.54) is 6.92 Å². The monoisotopic (exact) mass is 205 g/mol. The molecule has 1 aliphatic heterocycles. The number of nitrogens with one attached hydrogen (secondary N) is 1. The Hall–Kier alpha value is -0.690. The van der Waals surface area contributed by atoms with E-state index in [-0.39, 0.29) is 12.5 Å². The molecule has 0 radical (unpaired) electrons. The first-order valence-corrected chi connectivity index (χ1v) is 4.48. The van der Waals surface area contributed by atoms with Gasteiger partial charge in [-0.2, -0.15) is 0 Å². The largest absolute Gasteiger partial charge is 0.394 e. The van der Waals surface area contributed by atoms with Gasteiger partial charge in [0, 0.05) is 20.0 Å². The molecule has 0 spiro atoms. The van der Waals surface area contributed by atoms with Crippen molar-refractivity contribution in [2.75, 3.05) is 13.2 Å². The average molecular weight is 205 g/mol. The number of rotatable bonds is 3. The summed E-state index contributed by atoms with van der Waals surface area (Å²) in [4.78, 5) is 15.5. The third kappa shape index (κ3) is 2.91. The normalized spacial score (nSPS) is 32.6. The summed E-state index contributed by atoms with van der Waals surface area (Å²) in [5, 5.41) is 18.4. The molecule has 1 aliphatic rings. The molecule has 0 saturated carbocycles. The van der Waals surface area contributed by atoms with Crippen LogP contribution >= 0.6 is 0 Å². The number of carbonyl (C=O) groups excluding carboxylic acids is 1. The maximum Gasteiger partial charge on any atom is 0.240 e. The Morgan fingerprint density at radius 2 is 2.43 bits per heavy atom. The van der Waals surface area contributed by atoms with E-state index in [1.807, 2.05) is 0 Å². The van der Waals surface area contributed by atoms with Crippen LogP contribution in [0.2, 0.25) is 0 Å². The smallest absolute Gasteiger partial charge is 0.240 e. The molecule has 82 valence electrons. The van der Waals surface area contributed by atoms with Gasteiger partial charge in [-0.25, -0.2) is 5.48 Å². The number of aliphatic hydroxyl groups is 2. The lowest BCUT2D eigenvalue weighted by molar-refractivity contribution is -0.187. The van der Waals surface area contributed by atoms with Gasteiger partial charge in [0.05, 0.1) is 6.61 Å². The Morgan fingerprint density at radius 1 is 1.71 bits per heavy atom. The zero-order valence-corrected chi connectivity index (χ0v) is 7.97. The Bertz CT molecular complexity index is 198. The third-order valence-electron chi connectivity index (χ3n) is 2.03. The lowest BCUT2D eigenvalue weighted by atomic mass is 10.0. The van der Waals surface area contributed by atoms with Crippen molar-refractivity contribution in [3.8, 4) is 0 Å². The van der Waals surface area contributed by atoms with Gasteiger partial charge in [-0.05, 0) is 0 Å². The van der Waals surface area contributed by atoms with Crippen LogP contribution in [-0.4, -0.2) is 47.6 Å². The number of ether oxygens (including phenoxy) is 1. The Balaban J connectivity index is 2.39. The van der Waals surface area contributed by atoms with Gasteiger partial charge in [0.1, 0.15) is 18.3 Å². The highest BCUT2D eigenvalue weighted by molar-refractivity contribution is 5.71. The van der Waals surface area contributed by atoms with E-state index >= 15 is 0 Å². The number of carbonyl (C=O) groups is 1. The van der Waals surface area contributed by atoms with Gasteiger partial charge in [-0.1, -0.05) is 0 Å². The molecule has 0 unspecified atom stereocenters. The predicted molar refractivity (Wildman–Crippen MR) is 46.1 cm³/mol. The topological polar surface area (TPSA) is 88.0 Å². The third-order valence-corrected chi connectivity index (χ3v) is 2.03. The zero-order chi connectivity index (χ0) is 10.6. The predicted octanol–water partition coefficient (Wildman–Crippen LogP) is -1.44. The van der Waals surface area contributed by atoms with Crippen molar-refractivity contribution in [1.82, 2.24) is 5.48 Å². The zero-order valence-electron chi connectivity index (χ0n) is 7.97. The first-order chi connectivity index (χ1) is 6.65. The lowest BCUT2D eigenvalue weighted by Crippen LogP contribution is -2.49. The van der Waals surface area contributed by atoms with Crippen LogP contribution in [0, 0.1) is 0 Å². The van der Waals surface area contributed by atoms with E-state index in [0.29, 0.717) is 13.0 Å². The second-order valence-corrected chi connectivity index (χ2v) is 3.19. The molecule has 3 atom stereocenters. The van der Waals surface area contributed by atoms with Gasteiger partial charge < -0.3 is 14.9 Å².